The maximum atomic E-state index is 5.38. The quantitative estimate of drug-likeness (QED) is 0.278. The number of anilines is 1. The monoisotopic (exact) mass is 493 g/mol. The minimum atomic E-state index is 0.129. The van der Waals surface area contributed by atoms with Gasteiger partial charge < -0.3 is 9.64 Å². The number of allylic oxidation sites excluding steroid dienone is 2. The minimum Gasteiger partial charge on any atom is -0.497 e. The highest BCUT2D eigenvalue weighted by molar-refractivity contribution is 9.10. The Bertz CT molecular complexity index is 1240. The molecule has 0 amide bonds. The molecule has 3 heteroatoms. The summed E-state index contributed by atoms with van der Waals surface area (Å²) in [5.74, 6) is 0.995. The fourth-order valence-electron chi connectivity index (χ4n) is 4.25. The van der Waals surface area contributed by atoms with Gasteiger partial charge in [-0.15, -0.1) is 0 Å². The van der Waals surface area contributed by atoms with Crippen LogP contribution >= 0.6 is 15.9 Å². The van der Waals surface area contributed by atoms with E-state index in [1.807, 2.05) is 12.1 Å². The summed E-state index contributed by atoms with van der Waals surface area (Å²) >= 11 is 3.67. The van der Waals surface area contributed by atoms with Gasteiger partial charge in [-0.25, -0.2) is 0 Å². The van der Waals surface area contributed by atoms with Crippen LogP contribution < -0.4 is 9.64 Å². The van der Waals surface area contributed by atoms with Crippen LogP contribution in [-0.2, 0) is 0 Å². The van der Waals surface area contributed by atoms with Gasteiger partial charge in [-0.3, -0.25) is 0 Å². The molecule has 4 aromatic rings. The van der Waals surface area contributed by atoms with E-state index in [1.165, 1.54) is 16.7 Å². The lowest BCUT2D eigenvalue weighted by Crippen LogP contribution is -2.24. The number of hydrogen-bond acceptors (Lipinski definition) is 2. The van der Waals surface area contributed by atoms with Gasteiger partial charge in [-0.1, -0.05) is 94.8 Å². The van der Waals surface area contributed by atoms with Crippen LogP contribution in [0.2, 0.25) is 0 Å². The molecular weight excluding hydrogens is 470 g/mol. The molecule has 0 bridgehead atoms. The topological polar surface area (TPSA) is 12.5 Å². The Morgan fingerprint density at radius 1 is 0.667 bits per heavy atom. The lowest BCUT2D eigenvalue weighted by Gasteiger charge is -2.35. The van der Waals surface area contributed by atoms with Gasteiger partial charge in [0.05, 0.1) is 18.5 Å². The number of rotatable bonds is 5. The van der Waals surface area contributed by atoms with Crippen LogP contribution in [0.3, 0.4) is 0 Å². The molecule has 4 aromatic carbocycles. The summed E-state index contributed by atoms with van der Waals surface area (Å²) in [4.78, 5) is 2.36. The molecule has 0 atom stereocenters. The Hall–Kier alpha value is -3.56. The maximum absolute atomic E-state index is 5.38. The average molecular weight is 494 g/mol. The van der Waals surface area contributed by atoms with Crippen molar-refractivity contribution >= 4 is 33.0 Å². The Kier molecular flexibility index (Phi) is 6.14. The van der Waals surface area contributed by atoms with E-state index in [0.717, 1.165) is 27.3 Å². The van der Waals surface area contributed by atoms with Gasteiger partial charge in [0.2, 0.25) is 0 Å². The average Bonchev–Trinajstić information content (AvgIpc) is 2.89. The fraction of sp³-hybridized carbons (Fsp3) is 0.0667. The standard InChI is InChI=1S/C30H24BrNO/c1-33-28-17-15-22(16-18-28)25-19-29(23-9-4-2-5-10-23)32(27-14-8-13-26(31)21-27)30(20-25)24-11-6-3-7-12-24/h2-21,25H,1H3. The van der Waals surface area contributed by atoms with Crippen molar-refractivity contribution in [3.05, 3.63) is 143 Å². The van der Waals surface area contributed by atoms with Crippen molar-refractivity contribution < 1.29 is 4.74 Å². The highest BCUT2D eigenvalue weighted by atomic mass is 79.9. The predicted molar refractivity (Wildman–Crippen MR) is 141 cm³/mol. The SMILES string of the molecule is COc1ccc(C2C=C(c3ccccc3)N(c3cccc(Br)c3)C(c3ccccc3)=C2)cc1. The molecule has 0 spiro atoms. The molecule has 162 valence electrons. The smallest absolute Gasteiger partial charge is 0.118 e. The second-order valence-corrected chi connectivity index (χ2v) is 8.87. The van der Waals surface area contributed by atoms with Crippen molar-refractivity contribution in [2.24, 2.45) is 0 Å². The van der Waals surface area contributed by atoms with E-state index in [9.17, 15) is 0 Å². The van der Waals surface area contributed by atoms with E-state index < -0.39 is 0 Å². The van der Waals surface area contributed by atoms with Gasteiger partial charge in [-0.05, 0) is 59.2 Å². The van der Waals surface area contributed by atoms with E-state index in [1.54, 1.807) is 7.11 Å². The van der Waals surface area contributed by atoms with Crippen LogP contribution in [-0.4, -0.2) is 7.11 Å². The first-order chi connectivity index (χ1) is 16.2. The number of ether oxygens (including phenoxy) is 1. The van der Waals surface area contributed by atoms with Crippen LogP contribution in [0.1, 0.15) is 22.6 Å². The van der Waals surface area contributed by atoms with E-state index in [0.29, 0.717) is 0 Å². The first-order valence-electron chi connectivity index (χ1n) is 11.0. The maximum Gasteiger partial charge on any atom is 0.118 e. The third-order valence-electron chi connectivity index (χ3n) is 5.86. The molecule has 1 heterocycles. The number of methoxy groups -OCH3 is 1. The first kappa shape index (κ1) is 21.3. The van der Waals surface area contributed by atoms with E-state index in [4.69, 9.17) is 4.74 Å². The number of nitrogens with zero attached hydrogens (tertiary/aromatic N) is 1. The normalized spacial score (nSPS) is 13.9. The van der Waals surface area contributed by atoms with Crippen molar-refractivity contribution in [2.75, 3.05) is 12.0 Å². The molecule has 0 fully saturated rings. The largest absolute Gasteiger partial charge is 0.497 e. The third kappa shape index (κ3) is 4.50. The molecule has 5 rings (SSSR count). The van der Waals surface area contributed by atoms with Crippen LogP contribution in [0, 0.1) is 0 Å². The molecule has 0 aliphatic carbocycles. The highest BCUT2D eigenvalue weighted by Gasteiger charge is 2.26. The summed E-state index contributed by atoms with van der Waals surface area (Å²) in [6, 6.07) is 38.0. The molecule has 33 heavy (non-hydrogen) atoms. The van der Waals surface area contributed by atoms with Gasteiger partial charge in [0.15, 0.2) is 0 Å². The van der Waals surface area contributed by atoms with Crippen LogP contribution in [0.5, 0.6) is 5.75 Å². The summed E-state index contributed by atoms with van der Waals surface area (Å²) in [5, 5.41) is 0. The predicted octanol–water partition coefficient (Wildman–Crippen LogP) is 8.14. The molecule has 0 aromatic heterocycles. The molecule has 0 N–H and O–H groups in total. The van der Waals surface area contributed by atoms with E-state index in [-0.39, 0.29) is 5.92 Å². The van der Waals surface area contributed by atoms with Gasteiger partial charge in [0.25, 0.3) is 0 Å². The van der Waals surface area contributed by atoms with Gasteiger partial charge in [-0.2, -0.15) is 0 Å². The van der Waals surface area contributed by atoms with Crippen LogP contribution in [0.25, 0.3) is 11.4 Å². The van der Waals surface area contributed by atoms with Crippen molar-refractivity contribution in [3.8, 4) is 5.75 Å². The summed E-state index contributed by atoms with van der Waals surface area (Å²) < 4.78 is 6.43. The van der Waals surface area contributed by atoms with E-state index in [2.05, 4.69) is 130 Å². The zero-order valence-electron chi connectivity index (χ0n) is 18.4. The molecular formula is C30H24BrNO. The Balaban J connectivity index is 1.72. The lowest BCUT2D eigenvalue weighted by molar-refractivity contribution is 0.414. The second-order valence-electron chi connectivity index (χ2n) is 7.95. The van der Waals surface area contributed by atoms with Crippen molar-refractivity contribution in [2.45, 2.75) is 5.92 Å². The van der Waals surface area contributed by atoms with Crippen LogP contribution in [0.4, 0.5) is 5.69 Å². The zero-order chi connectivity index (χ0) is 22.6. The van der Waals surface area contributed by atoms with Gasteiger partial charge >= 0.3 is 0 Å². The summed E-state index contributed by atoms with van der Waals surface area (Å²) in [6.45, 7) is 0. The third-order valence-corrected chi connectivity index (χ3v) is 6.36. The van der Waals surface area contributed by atoms with Crippen molar-refractivity contribution in [1.82, 2.24) is 0 Å². The van der Waals surface area contributed by atoms with Gasteiger partial charge in [0.1, 0.15) is 5.75 Å². The lowest BCUT2D eigenvalue weighted by atomic mass is 9.89. The molecule has 1 aliphatic rings. The fourth-order valence-corrected chi connectivity index (χ4v) is 4.63. The molecule has 0 saturated carbocycles. The summed E-state index contributed by atoms with van der Waals surface area (Å²) in [7, 11) is 1.70. The second kappa shape index (κ2) is 9.51. The van der Waals surface area contributed by atoms with Crippen molar-refractivity contribution in [3.63, 3.8) is 0 Å². The molecule has 1 aliphatic heterocycles. The number of benzene rings is 4. The van der Waals surface area contributed by atoms with E-state index >= 15 is 0 Å². The molecule has 0 saturated heterocycles. The summed E-state index contributed by atoms with van der Waals surface area (Å²) in [5.41, 5.74) is 7.02. The summed E-state index contributed by atoms with van der Waals surface area (Å²) in [6.07, 6.45) is 4.70. The van der Waals surface area contributed by atoms with Gasteiger partial charge in [0, 0.05) is 16.1 Å². The number of hydrogen-bond donors (Lipinski definition) is 0. The molecule has 0 unspecified atom stereocenters. The zero-order valence-corrected chi connectivity index (χ0v) is 19.9. The molecule has 0 radical (unpaired) electrons. The Labute approximate surface area is 203 Å². The van der Waals surface area contributed by atoms with Crippen LogP contribution in [0.15, 0.2) is 126 Å². The molecule has 2 nitrogen and oxygen atoms in total. The van der Waals surface area contributed by atoms with Crippen molar-refractivity contribution in [1.29, 1.82) is 0 Å². The Morgan fingerprint density at radius 2 is 1.24 bits per heavy atom. The first-order valence-corrected chi connectivity index (χ1v) is 11.8. The minimum absolute atomic E-state index is 0.129. The number of halogens is 1. The highest BCUT2D eigenvalue weighted by Crippen LogP contribution is 2.42. The Morgan fingerprint density at radius 3 is 1.76 bits per heavy atom.